The second-order valence-corrected chi connectivity index (χ2v) is 11.2. The van der Waals surface area contributed by atoms with Crippen molar-refractivity contribution in [3.05, 3.63) is 66.5 Å². The Morgan fingerprint density at radius 1 is 1.26 bits per heavy atom. The number of aliphatic hydroxyl groups excluding tert-OH is 1. The van der Waals surface area contributed by atoms with E-state index in [-0.39, 0.29) is 25.1 Å². The third-order valence-electron chi connectivity index (χ3n) is 6.49. The number of hydrogen-bond acceptors (Lipinski definition) is 8. The Hall–Kier alpha value is -3.11. The van der Waals surface area contributed by atoms with Gasteiger partial charge in [0.15, 0.2) is 5.82 Å². The first kappa shape index (κ1) is 27.9. The molecule has 2 heterocycles. The number of nitrogens with one attached hydrogen (secondary N) is 1. The molecule has 10 nitrogen and oxygen atoms in total. The Morgan fingerprint density at radius 3 is 2.63 bits per heavy atom. The first-order chi connectivity index (χ1) is 18.0. The molecule has 1 saturated carbocycles. The molecule has 2 aromatic heterocycles. The number of esters is 1. The maximum absolute atomic E-state index is 14.7. The van der Waals surface area contributed by atoms with Crippen LogP contribution in [0.4, 0.5) is 4.39 Å². The van der Waals surface area contributed by atoms with Crippen molar-refractivity contribution < 1.29 is 32.6 Å². The van der Waals surface area contributed by atoms with Crippen LogP contribution in [0.25, 0.3) is 11.0 Å². The molecule has 1 aliphatic carbocycles. The number of aromatic nitrogens is 3. The minimum absolute atomic E-state index is 0.126. The highest BCUT2D eigenvalue weighted by molar-refractivity contribution is 7.52. The van der Waals surface area contributed by atoms with Gasteiger partial charge in [-0.1, -0.05) is 24.8 Å². The molecule has 2 N–H and O–H groups in total. The van der Waals surface area contributed by atoms with Crippen molar-refractivity contribution in [2.24, 2.45) is 11.8 Å². The van der Waals surface area contributed by atoms with Gasteiger partial charge in [0.05, 0.1) is 29.8 Å². The van der Waals surface area contributed by atoms with Crippen LogP contribution < -0.4 is 9.61 Å². The molecule has 12 heteroatoms. The van der Waals surface area contributed by atoms with Gasteiger partial charge in [-0.05, 0) is 45.4 Å². The summed E-state index contributed by atoms with van der Waals surface area (Å²) >= 11 is 0. The summed E-state index contributed by atoms with van der Waals surface area (Å²) in [5.74, 6) is -1.63. The van der Waals surface area contributed by atoms with Gasteiger partial charge in [0.2, 0.25) is 0 Å². The topological polar surface area (TPSA) is 125 Å². The van der Waals surface area contributed by atoms with Crippen LogP contribution >= 0.6 is 7.75 Å². The van der Waals surface area contributed by atoms with E-state index in [0.29, 0.717) is 22.3 Å². The first-order valence-corrected chi connectivity index (χ1v) is 13.8. The number of aryl methyl sites for hydroxylation is 1. The fourth-order valence-corrected chi connectivity index (χ4v) is 6.14. The zero-order chi connectivity index (χ0) is 27.6. The summed E-state index contributed by atoms with van der Waals surface area (Å²) in [6, 6.07) is 6.98. The lowest BCUT2D eigenvalue weighted by molar-refractivity contribution is -0.149. The first-order valence-electron chi connectivity index (χ1n) is 12.3. The summed E-state index contributed by atoms with van der Waals surface area (Å²) in [6.45, 7) is 10.4. The average molecular weight is 547 g/mol. The maximum Gasteiger partial charge on any atom is 0.459 e. The second kappa shape index (κ2) is 11.3. The van der Waals surface area contributed by atoms with Gasteiger partial charge in [-0.25, -0.2) is 18.9 Å². The van der Waals surface area contributed by atoms with Crippen LogP contribution in [0.15, 0.2) is 55.0 Å². The monoisotopic (exact) mass is 546 g/mol. The van der Waals surface area contributed by atoms with Crippen LogP contribution in [0.5, 0.6) is 5.75 Å². The molecular formula is C26H32FN4O6P. The SMILES string of the molecule is C=C1[C@@H](n2cc(F)c3c(C)ncnc32)[C@H](CO)[C@H]1COP(=O)(NC(C)C(=O)OC(C)C)Oc1ccccc1. The fraction of sp³-hybridized carbons (Fsp3) is 0.423. The normalized spacial score (nSPS) is 21.7. The summed E-state index contributed by atoms with van der Waals surface area (Å²) in [4.78, 5) is 20.7. The van der Waals surface area contributed by atoms with E-state index in [1.54, 1.807) is 55.7 Å². The number of para-hydroxylation sites is 1. The van der Waals surface area contributed by atoms with Gasteiger partial charge < -0.3 is 18.9 Å². The number of nitrogens with zero attached hydrogens (tertiary/aromatic N) is 3. The van der Waals surface area contributed by atoms with Crippen molar-refractivity contribution in [1.82, 2.24) is 19.6 Å². The lowest BCUT2D eigenvalue weighted by Gasteiger charge is -2.47. The number of carbonyl (C=O) groups is 1. The third kappa shape index (κ3) is 5.66. The summed E-state index contributed by atoms with van der Waals surface area (Å²) < 4.78 is 46.8. The van der Waals surface area contributed by atoms with Gasteiger partial charge in [0.25, 0.3) is 0 Å². The van der Waals surface area contributed by atoms with Gasteiger partial charge in [-0.2, -0.15) is 5.09 Å². The molecule has 0 radical (unpaired) electrons. The number of carbonyl (C=O) groups excluding carboxylic acids is 1. The van der Waals surface area contributed by atoms with Gasteiger partial charge in [0, 0.05) is 24.6 Å². The molecule has 0 aliphatic heterocycles. The second-order valence-electron chi connectivity index (χ2n) is 9.55. The van der Waals surface area contributed by atoms with Crippen molar-refractivity contribution >= 4 is 24.7 Å². The Balaban J connectivity index is 1.53. The van der Waals surface area contributed by atoms with E-state index >= 15 is 0 Å². The fourth-order valence-electron chi connectivity index (χ4n) is 4.62. The lowest BCUT2D eigenvalue weighted by Crippen LogP contribution is -2.45. The number of benzene rings is 1. The minimum Gasteiger partial charge on any atom is -0.462 e. The Kier molecular flexibility index (Phi) is 8.32. The van der Waals surface area contributed by atoms with Gasteiger partial charge in [-0.3, -0.25) is 9.32 Å². The van der Waals surface area contributed by atoms with Crippen LogP contribution in [0.2, 0.25) is 0 Å². The molecule has 3 aromatic rings. The zero-order valence-electron chi connectivity index (χ0n) is 21.7. The molecule has 2 unspecified atom stereocenters. The van der Waals surface area contributed by atoms with Crippen molar-refractivity contribution in [2.45, 2.75) is 45.9 Å². The van der Waals surface area contributed by atoms with Crippen molar-refractivity contribution in [3.8, 4) is 5.75 Å². The predicted octanol–water partition coefficient (Wildman–Crippen LogP) is 4.35. The van der Waals surface area contributed by atoms with Crippen LogP contribution in [-0.2, 0) is 18.6 Å². The smallest absolute Gasteiger partial charge is 0.459 e. The summed E-state index contributed by atoms with van der Waals surface area (Å²) in [5.41, 5.74) is 1.55. The zero-order valence-corrected chi connectivity index (χ0v) is 22.6. The Bertz CT molecular complexity index is 1360. The van der Waals surface area contributed by atoms with Crippen molar-refractivity contribution in [1.29, 1.82) is 0 Å². The van der Waals surface area contributed by atoms with E-state index in [4.69, 9.17) is 13.8 Å². The largest absolute Gasteiger partial charge is 0.462 e. The standard InChI is InChI=1S/C26H32FN4O6P/c1-15(2)36-26(33)18(5)30-38(34,37-19-9-7-6-8-10-19)35-13-21-16(3)24(20(21)12-32)31-11-22(27)23-17(4)28-14-29-25(23)31/h6-11,14-15,18,20-21,24,32H,3,12-13H2,1-2,4-5H3,(H,30,34)/t18?,20-,21+,24-,38?/m1/s1. The van der Waals surface area contributed by atoms with E-state index in [9.17, 15) is 18.9 Å². The van der Waals surface area contributed by atoms with Crippen LogP contribution in [0.3, 0.4) is 0 Å². The lowest BCUT2D eigenvalue weighted by atomic mass is 9.66. The molecule has 204 valence electrons. The van der Waals surface area contributed by atoms with E-state index in [2.05, 4.69) is 21.6 Å². The Morgan fingerprint density at radius 2 is 1.97 bits per heavy atom. The number of aliphatic hydroxyl groups is 1. The van der Waals surface area contributed by atoms with Gasteiger partial charge in [0.1, 0.15) is 23.8 Å². The molecule has 1 aliphatic rings. The van der Waals surface area contributed by atoms with Crippen LogP contribution in [0, 0.1) is 24.6 Å². The number of ether oxygens (including phenoxy) is 1. The number of hydrogen-bond donors (Lipinski definition) is 2. The van der Waals surface area contributed by atoms with Gasteiger partial charge in [-0.15, -0.1) is 0 Å². The summed E-state index contributed by atoms with van der Waals surface area (Å²) in [6.07, 6.45) is 2.33. The maximum atomic E-state index is 14.7. The third-order valence-corrected chi connectivity index (χ3v) is 8.14. The molecule has 1 aromatic carbocycles. The average Bonchev–Trinajstić information content (AvgIpc) is 3.19. The molecule has 38 heavy (non-hydrogen) atoms. The molecule has 0 amide bonds. The van der Waals surface area contributed by atoms with E-state index < -0.39 is 43.5 Å². The molecule has 0 saturated heterocycles. The Labute approximate surface area is 220 Å². The highest BCUT2D eigenvalue weighted by atomic mass is 31.2. The number of rotatable bonds is 11. The molecule has 0 bridgehead atoms. The summed E-state index contributed by atoms with van der Waals surface area (Å²) in [7, 11) is -4.09. The quantitative estimate of drug-likeness (QED) is 0.205. The highest BCUT2D eigenvalue weighted by Crippen LogP contribution is 2.52. The van der Waals surface area contributed by atoms with Crippen molar-refractivity contribution in [3.63, 3.8) is 0 Å². The molecular weight excluding hydrogens is 514 g/mol. The molecule has 1 fully saturated rings. The number of halogens is 1. The highest BCUT2D eigenvalue weighted by Gasteiger charge is 2.47. The van der Waals surface area contributed by atoms with Crippen molar-refractivity contribution in [2.75, 3.05) is 13.2 Å². The molecule has 0 spiro atoms. The predicted molar refractivity (Wildman–Crippen MR) is 139 cm³/mol. The van der Waals surface area contributed by atoms with E-state index in [1.165, 1.54) is 19.4 Å². The molecule has 4 rings (SSSR count). The molecule has 5 atom stereocenters. The summed E-state index contributed by atoms with van der Waals surface area (Å²) in [5, 5.41) is 13.1. The van der Waals surface area contributed by atoms with E-state index in [1.807, 2.05) is 0 Å². The van der Waals surface area contributed by atoms with Gasteiger partial charge >= 0.3 is 13.7 Å². The van der Waals surface area contributed by atoms with Crippen LogP contribution in [0.1, 0.15) is 32.5 Å². The minimum atomic E-state index is -4.09. The van der Waals surface area contributed by atoms with E-state index in [0.717, 1.165) is 0 Å². The van der Waals surface area contributed by atoms with Crippen LogP contribution in [-0.4, -0.2) is 51.0 Å². The number of fused-ring (bicyclic) bond motifs is 1.